The van der Waals surface area contributed by atoms with Crippen LogP contribution in [0.25, 0.3) is 6.08 Å². The fourth-order valence-corrected chi connectivity index (χ4v) is 3.95. The van der Waals surface area contributed by atoms with Crippen LogP contribution in [0.4, 0.5) is 5.69 Å². The van der Waals surface area contributed by atoms with Crippen LogP contribution >= 0.6 is 15.9 Å². The number of nitrogens with one attached hydrogen (secondary N) is 1. The monoisotopic (exact) mass is 441 g/mol. The van der Waals surface area contributed by atoms with E-state index in [1.807, 2.05) is 38.1 Å². The molecule has 1 N–H and O–H groups in total. The van der Waals surface area contributed by atoms with Gasteiger partial charge in [-0.2, -0.15) is 0 Å². The van der Waals surface area contributed by atoms with E-state index in [1.54, 1.807) is 0 Å². The molecule has 1 heterocycles. The Kier molecular flexibility index (Phi) is 7.43. The number of aryl methyl sites for hydroxylation is 1. The molecule has 1 fully saturated rings. The predicted octanol–water partition coefficient (Wildman–Crippen LogP) is 4.42. The zero-order valence-corrected chi connectivity index (χ0v) is 18.2. The van der Waals surface area contributed by atoms with Gasteiger partial charge in [0, 0.05) is 37.2 Å². The highest BCUT2D eigenvalue weighted by Gasteiger charge is 2.25. The fraction of sp³-hybridized carbons (Fsp3) is 0.348. The number of hydrogen-bond acceptors (Lipinski definition) is 3. The highest BCUT2D eigenvalue weighted by molar-refractivity contribution is 9.10. The molecule has 0 radical (unpaired) electrons. The van der Waals surface area contributed by atoms with Crippen LogP contribution in [0.2, 0.25) is 0 Å². The first-order valence-electron chi connectivity index (χ1n) is 9.78. The van der Waals surface area contributed by atoms with Crippen molar-refractivity contribution >= 4 is 33.6 Å². The van der Waals surface area contributed by atoms with Crippen molar-refractivity contribution < 1.29 is 4.79 Å². The number of carbonyl (C=O) groups excluding carboxylic acids is 1. The molecular formula is C23H28BrN3O. The normalized spacial score (nSPS) is 17.0. The van der Waals surface area contributed by atoms with Crippen molar-refractivity contribution in [2.24, 2.45) is 0 Å². The zero-order valence-electron chi connectivity index (χ0n) is 16.6. The van der Waals surface area contributed by atoms with E-state index in [-0.39, 0.29) is 11.9 Å². The summed E-state index contributed by atoms with van der Waals surface area (Å²) in [7, 11) is 0. The Balaban J connectivity index is 1.46. The standard InChI is InChI=1S/C23H28BrN3O/c1-18-10-11-22(21(24)17-18)25-23(28)19(2)27-15-13-26(14-16-27)12-6-9-20-7-4-3-5-8-20/h3-11,17,19H,12-16H2,1-2H3,(H,25,28)/b9-6+. The van der Waals surface area contributed by atoms with Crippen LogP contribution in [0.1, 0.15) is 18.1 Å². The van der Waals surface area contributed by atoms with Gasteiger partial charge in [-0.1, -0.05) is 48.6 Å². The summed E-state index contributed by atoms with van der Waals surface area (Å²) < 4.78 is 0.920. The van der Waals surface area contributed by atoms with Crippen molar-refractivity contribution in [1.82, 2.24) is 9.80 Å². The summed E-state index contributed by atoms with van der Waals surface area (Å²) >= 11 is 3.53. The van der Waals surface area contributed by atoms with Gasteiger partial charge in [0.25, 0.3) is 0 Å². The summed E-state index contributed by atoms with van der Waals surface area (Å²) in [6, 6.07) is 16.2. The van der Waals surface area contributed by atoms with Gasteiger partial charge in [-0.25, -0.2) is 0 Å². The molecule has 5 heteroatoms. The maximum absolute atomic E-state index is 12.7. The number of benzene rings is 2. The van der Waals surface area contributed by atoms with E-state index in [4.69, 9.17) is 0 Å². The quantitative estimate of drug-likeness (QED) is 0.720. The average molecular weight is 442 g/mol. The molecule has 0 aliphatic carbocycles. The van der Waals surface area contributed by atoms with Crippen LogP contribution in [0, 0.1) is 6.92 Å². The molecule has 148 valence electrons. The van der Waals surface area contributed by atoms with E-state index in [1.165, 1.54) is 5.56 Å². The second-order valence-electron chi connectivity index (χ2n) is 7.30. The van der Waals surface area contributed by atoms with E-state index in [0.29, 0.717) is 0 Å². The molecule has 4 nitrogen and oxygen atoms in total. The van der Waals surface area contributed by atoms with Gasteiger partial charge in [0.2, 0.25) is 5.91 Å². The molecule has 1 atom stereocenters. The lowest BCUT2D eigenvalue weighted by atomic mass is 10.2. The van der Waals surface area contributed by atoms with E-state index in [2.05, 4.69) is 67.5 Å². The van der Waals surface area contributed by atoms with Gasteiger partial charge in [-0.05, 0) is 53.0 Å². The van der Waals surface area contributed by atoms with E-state index in [0.717, 1.165) is 48.4 Å². The van der Waals surface area contributed by atoms with E-state index < -0.39 is 0 Å². The summed E-state index contributed by atoms with van der Waals surface area (Å²) in [5.74, 6) is 0.0435. The van der Waals surface area contributed by atoms with Crippen molar-refractivity contribution in [1.29, 1.82) is 0 Å². The van der Waals surface area contributed by atoms with Crippen LogP contribution in [0.15, 0.2) is 59.1 Å². The molecule has 1 saturated heterocycles. The highest BCUT2D eigenvalue weighted by atomic mass is 79.9. The Labute approximate surface area is 176 Å². The Hall–Kier alpha value is -1.95. The summed E-state index contributed by atoms with van der Waals surface area (Å²) in [5.41, 5.74) is 3.22. The minimum Gasteiger partial charge on any atom is -0.324 e. The molecular weight excluding hydrogens is 414 g/mol. The zero-order chi connectivity index (χ0) is 19.9. The lowest BCUT2D eigenvalue weighted by Gasteiger charge is -2.37. The number of amides is 1. The number of hydrogen-bond donors (Lipinski definition) is 1. The topological polar surface area (TPSA) is 35.6 Å². The van der Waals surface area contributed by atoms with Gasteiger partial charge >= 0.3 is 0 Å². The summed E-state index contributed by atoms with van der Waals surface area (Å²) in [5, 5.41) is 3.05. The SMILES string of the molecule is Cc1ccc(NC(=O)C(C)N2CCN(C/C=C/c3ccccc3)CC2)c(Br)c1. The van der Waals surface area contributed by atoms with Crippen LogP contribution in [-0.2, 0) is 4.79 Å². The first kappa shape index (κ1) is 20.8. The minimum absolute atomic E-state index is 0.0435. The van der Waals surface area contributed by atoms with Crippen LogP contribution in [-0.4, -0.2) is 54.5 Å². The Morgan fingerprint density at radius 3 is 2.54 bits per heavy atom. The Morgan fingerprint density at radius 1 is 1.14 bits per heavy atom. The van der Waals surface area contributed by atoms with Crippen molar-refractivity contribution in [2.45, 2.75) is 19.9 Å². The lowest BCUT2D eigenvalue weighted by Crippen LogP contribution is -2.52. The van der Waals surface area contributed by atoms with Gasteiger partial charge in [0.15, 0.2) is 0 Å². The van der Waals surface area contributed by atoms with Gasteiger partial charge in [0.1, 0.15) is 0 Å². The highest BCUT2D eigenvalue weighted by Crippen LogP contribution is 2.23. The molecule has 2 aromatic carbocycles. The molecule has 1 amide bonds. The first-order chi connectivity index (χ1) is 13.5. The second-order valence-corrected chi connectivity index (χ2v) is 8.15. The smallest absolute Gasteiger partial charge is 0.241 e. The van der Waals surface area contributed by atoms with Gasteiger partial charge in [0.05, 0.1) is 11.7 Å². The van der Waals surface area contributed by atoms with E-state index in [9.17, 15) is 4.79 Å². The predicted molar refractivity (Wildman–Crippen MR) is 120 cm³/mol. The second kappa shape index (κ2) is 10.0. The average Bonchev–Trinajstić information content (AvgIpc) is 2.71. The van der Waals surface area contributed by atoms with Crippen molar-refractivity contribution in [2.75, 3.05) is 38.0 Å². The van der Waals surface area contributed by atoms with Gasteiger partial charge < -0.3 is 5.32 Å². The molecule has 1 aliphatic rings. The molecule has 0 saturated carbocycles. The molecule has 0 aromatic heterocycles. The Morgan fingerprint density at radius 2 is 1.86 bits per heavy atom. The molecule has 1 aliphatic heterocycles. The largest absolute Gasteiger partial charge is 0.324 e. The maximum atomic E-state index is 12.7. The summed E-state index contributed by atoms with van der Waals surface area (Å²) in [6.45, 7) is 8.73. The van der Waals surface area contributed by atoms with Crippen molar-refractivity contribution in [3.05, 3.63) is 70.2 Å². The maximum Gasteiger partial charge on any atom is 0.241 e. The summed E-state index contributed by atoms with van der Waals surface area (Å²) in [4.78, 5) is 17.3. The van der Waals surface area contributed by atoms with Crippen molar-refractivity contribution in [3.63, 3.8) is 0 Å². The lowest BCUT2D eigenvalue weighted by molar-refractivity contribution is -0.121. The molecule has 2 aromatic rings. The molecule has 1 unspecified atom stereocenters. The number of anilines is 1. The third-order valence-corrected chi connectivity index (χ3v) is 5.85. The number of carbonyl (C=O) groups is 1. The Bertz CT molecular complexity index is 814. The summed E-state index contributed by atoms with van der Waals surface area (Å²) in [6.07, 6.45) is 4.39. The number of piperazine rings is 1. The number of halogens is 1. The fourth-order valence-electron chi connectivity index (χ4n) is 3.36. The number of rotatable bonds is 6. The van der Waals surface area contributed by atoms with Gasteiger partial charge in [-0.15, -0.1) is 0 Å². The third kappa shape index (κ3) is 5.77. The van der Waals surface area contributed by atoms with Crippen LogP contribution in [0.5, 0.6) is 0 Å². The molecule has 28 heavy (non-hydrogen) atoms. The molecule has 3 rings (SSSR count). The molecule has 0 bridgehead atoms. The van der Waals surface area contributed by atoms with Gasteiger partial charge in [-0.3, -0.25) is 14.6 Å². The third-order valence-electron chi connectivity index (χ3n) is 5.19. The van der Waals surface area contributed by atoms with Crippen LogP contribution < -0.4 is 5.32 Å². The van der Waals surface area contributed by atoms with Crippen molar-refractivity contribution in [3.8, 4) is 0 Å². The first-order valence-corrected chi connectivity index (χ1v) is 10.6. The molecule has 0 spiro atoms. The minimum atomic E-state index is -0.143. The number of nitrogens with zero attached hydrogens (tertiary/aromatic N) is 2. The van der Waals surface area contributed by atoms with Crippen LogP contribution in [0.3, 0.4) is 0 Å². The van der Waals surface area contributed by atoms with E-state index >= 15 is 0 Å².